The maximum atomic E-state index is 12.3. The number of nitrogens with zero attached hydrogens (tertiary/aromatic N) is 4. The predicted molar refractivity (Wildman–Crippen MR) is 204 cm³/mol. The van der Waals surface area contributed by atoms with E-state index in [0.717, 1.165) is 22.3 Å². The molecule has 0 aliphatic carbocycles. The molecule has 10 N–H and O–H groups in total. The van der Waals surface area contributed by atoms with E-state index in [1.807, 2.05) is 38.1 Å². The van der Waals surface area contributed by atoms with Gasteiger partial charge in [0.1, 0.15) is 21.2 Å². The molecule has 0 radical (unpaired) electrons. The Morgan fingerprint density at radius 1 is 0.500 bits per heavy atom. The Balaban J connectivity index is 1.36. The first-order valence-corrected chi connectivity index (χ1v) is 18.8. The first-order chi connectivity index (χ1) is 24.6. The molecule has 0 heterocycles. The Morgan fingerprint density at radius 2 is 0.846 bits per heavy atom. The number of hydrogen-bond acceptors (Lipinski definition) is 12. The summed E-state index contributed by atoms with van der Waals surface area (Å²) in [6.45, 7) is 3.98. The Hall–Kier alpha value is -5.94. The average molecular weight is 739 g/mol. The van der Waals surface area contributed by atoms with Crippen LogP contribution in [-0.4, -0.2) is 25.9 Å². The van der Waals surface area contributed by atoms with Crippen molar-refractivity contribution in [3.8, 4) is 11.1 Å². The highest BCUT2D eigenvalue weighted by atomic mass is 32.2. The van der Waals surface area contributed by atoms with E-state index in [1.165, 1.54) is 12.1 Å². The minimum atomic E-state index is -4.71. The van der Waals surface area contributed by atoms with Gasteiger partial charge in [0.2, 0.25) is 0 Å². The maximum absolute atomic E-state index is 12.3. The summed E-state index contributed by atoms with van der Waals surface area (Å²) < 4.78 is 68.9. The van der Waals surface area contributed by atoms with Crippen molar-refractivity contribution in [1.82, 2.24) is 0 Å². The number of fused-ring (bicyclic) bond motifs is 2. The molecule has 0 unspecified atom stereocenters. The average Bonchev–Trinajstić information content (AvgIpc) is 3.10. The zero-order valence-electron chi connectivity index (χ0n) is 27.9. The SMILES string of the molecule is CCc1cc(N=Nc2c(N)c(S(=O)(=O)O)c3ccccc3c2N)ccc1-c1ccc(N=Nc2c(N)c(S(=O)(=O)O)c3ccccc3c2N)cc1CC. The first-order valence-electron chi connectivity index (χ1n) is 15.9. The topological polar surface area (TPSA) is 262 Å². The quantitative estimate of drug-likeness (QED) is 0.0468. The first kappa shape index (κ1) is 35.9. The summed E-state index contributed by atoms with van der Waals surface area (Å²) in [4.78, 5) is -0.976. The molecule has 16 heteroatoms. The second kappa shape index (κ2) is 13.6. The van der Waals surface area contributed by atoms with Crippen LogP contribution in [-0.2, 0) is 33.1 Å². The number of hydrogen-bond donors (Lipinski definition) is 6. The smallest absolute Gasteiger partial charge is 0.297 e. The van der Waals surface area contributed by atoms with E-state index in [4.69, 9.17) is 22.9 Å². The molecule has 0 aliphatic rings. The molecule has 0 amide bonds. The van der Waals surface area contributed by atoms with E-state index >= 15 is 0 Å². The van der Waals surface area contributed by atoms with Gasteiger partial charge in [-0.1, -0.05) is 74.5 Å². The normalized spacial score (nSPS) is 12.5. The van der Waals surface area contributed by atoms with Crippen LogP contribution < -0.4 is 22.9 Å². The van der Waals surface area contributed by atoms with Crippen LogP contribution >= 0.6 is 0 Å². The van der Waals surface area contributed by atoms with Crippen LogP contribution in [0.3, 0.4) is 0 Å². The van der Waals surface area contributed by atoms with E-state index < -0.39 is 30.0 Å². The lowest BCUT2D eigenvalue weighted by molar-refractivity contribution is 0.482. The summed E-state index contributed by atoms with van der Waals surface area (Å²) in [5, 5.41) is 18.1. The number of nitrogen functional groups attached to an aromatic ring is 4. The van der Waals surface area contributed by atoms with Crippen molar-refractivity contribution in [2.75, 3.05) is 22.9 Å². The van der Waals surface area contributed by atoms with Gasteiger partial charge in [-0.3, -0.25) is 9.11 Å². The fraction of sp³-hybridized carbons (Fsp3) is 0.111. The van der Waals surface area contributed by atoms with Crippen LogP contribution in [0.1, 0.15) is 25.0 Å². The van der Waals surface area contributed by atoms with Gasteiger partial charge < -0.3 is 22.9 Å². The molecule has 0 saturated heterocycles. The zero-order valence-corrected chi connectivity index (χ0v) is 29.6. The number of nitrogens with two attached hydrogens (primary N) is 4. The Kier molecular flexibility index (Phi) is 9.41. The fourth-order valence-electron chi connectivity index (χ4n) is 6.26. The van der Waals surface area contributed by atoms with Gasteiger partial charge in [0, 0.05) is 21.5 Å². The molecule has 0 bridgehead atoms. The molecule has 6 aromatic rings. The van der Waals surface area contributed by atoms with Gasteiger partial charge in [-0.2, -0.15) is 27.1 Å². The molecule has 0 spiro atoms. The molecule has 0 atom stereocenters. The molecule has 0 aromatic heterocycles. The molecule has 0 fully saturated rings. The van der Waals surface area contributed by atoms with Crippen LogP contribution in [0.25, 0.3) is 32.7 Å². The number of rotatable bonds is 9. The Labute approximate surface area is 299 Å². The number of benzene rings is 6. The van der Waals surface area contributed by atoms with Crippen LogP contribution in [0, 0.1) is 0 Å². The van der Waals surface area contributed by atoms with Crippen molar-refractivity contribution in [3.63, 3.8) is 0 Å². The Morgan fingerprint density at radius 3 is 1.17 bits per heavy atom. The summed E-state index contributed by atoms with van der Waals surface area (Å²) in [6.07, 6.45) is 1.26. The van der Waals surface area contributed by atoms with E-state index in [9.17, 15) is 25.9 Å². The zero-order chi connectivity index (χ0) is 37.5. The third-order valence-corrected chi connectivity index (χ3v) is 10.6. The standard InChI is InChI=1S/C36H34N8O6S2/c1-3-19-17-21(41-43-33-29(37)25-9-5-7-11-27(25)35(31(33)39)51(45,46)47)13-15-23(19)24-16-14-22(18-20(24)4-2)42-44-34-30(38)26-10-6-8-12-28(26)36(32(34)40)52(48,49)50/h5-18H,3-4,37-40H2,1-2H3,(H,45,46,47)(H,48,49,50). The van der Waals surface area contributed by atoms with E-state index in [1.54, 1.807) is 48.5 Å². The van der Waals surface area contributed by atoms with E-state index in [-0.39, 0.29) is 44.9 Å². The van der Waals surface area contributed by atoms with Crippen molar-refractivity contribution >= 4 is 87.3 Å². The number of anilines is 4. The van der Waals surface area contributed by atoms with Crippen LogP contribution in [0.5, 0.6) is 0 Å². The summed E-state index contributed by atoms with van der Waals surface area (Å²) in [6, 6.07) is 23.8. The summed E-state index contributed by atoms with van der Waals surface area (Å²) >= 11 is 0. The molecule has 6 rings (SSSR count). The lowest BCUT2D eigenvalue weighted by atomic mass is 9.92. The van der Waals surface area contributed by atoms with Gasteiger partial charge in [0.05, 0.1) is 34.1 Å². The summed E-state index contributed by atoms with van der Waals surface area (Å²) in [7, 11) is -9.43. The molecule has 14 nitrogen and oxygen atoms in total. The van der Waals surface area contributed by atoms with Crippen molar-refractivity contribution in [3.05, 3.63) is 96.1 Å². The largest absolute Gasteiger partial charge is 0.396 e. The molecule has 0 aliphatic heterocycles. The second-order valence-corrected chi connectivity index (χ2v) is 14.6. The maximum Gasteiger partial charge on any atom is 0.297 e. The molecule has 0 saturated carbocycles. The summed E-state index contributed by atoms with van der Waals surface area (Å²) in [5.41, 5.74) is 29.2. The molecular formula is C36H34N8O6S2. The van der Waals surface area contributed by atoms with Crippen molar-refractivity contribution in [2.24, 2.45) is 20.5 Å². The number of aryl methyl sites for hydroxylation is 2. The minimum Gasteiger partial charge on any atom is -0.396 e. The third-order valence-electron chi connectivity index (χ3n) is 8.71. The van der Waals surface area contributed by atoms with Crippen LogP contribution in [0.2, 0.25) is 0 Å². The van der Waals surface area contributed by atoms with Gasteiger partial charge in [0.15, 0.2) is 0 Å². The fourth-order valence-corrected chi connectivity index (χ4v) is 7.93. The van der Waals surface area contributed by atoms with E-state index in [2.05, 4.69) is 20.5 Å². The molecular weight excluding hydrogens is 705 g/mol. The highest BCUT2D eigenvalue weighted by Gasteiger charge is 2.25. The van der Waals surface area contributed by atoms with Crippen molar-refractivity contribution < 1.29 is 25.9 Å². The summed E-state index contributed by atoms with van der Waals surface area (Å²) in [5.74, 6) is 0. The lowest BCUT2D eigenvalue weighted by Gasteiger charge is -2.14. The molecule has 52 heavy (non-hydrogen) atoms. The molecule has 6 aromatic carbocycles. The van der Waals surface area contributed by atoms with Crippen molar-refractivity contribution in [1.29, 1.82) is 0 Å². The minimum absolute atomic E-state index is 0.0760. The van der Waals surface area contributed by atoms with Gasteiger partial charge >= 0.3 is 0 Å². The second-order valence-electron chi connectivity index (χ2n) is 11.8. The van der Waals surface area contributed by atoms with E-state index in [0.29, 0.717) is 35.0 Å². The van der Waals surface area contributed by atoms with Gasteiger partial charge in [-0.25, -0.2) is 0 Å². The van der Waals surface area contributed by atoms with Gasteiger partial charge in [0.25, 0.3) is 20.2 Å². The highest BCUT2D eigenvalue weighted by molar-refractivity contribution is 7.86. The highest BCUT2D eigenvalue weighted by Crippen LogP contribution is 2.45. The molecule has 266 valence electrons. The lowest BCUT2D eigenvalue weighted by Crippen LogP contribution is -2.06. The predicted octanol–water partition coefficient (Wildman–Crippen LogP) is 8.44. The Bertz CT molecular complexity index is 2530. The van der Waals surface area contributed by atoms with Crippen molar-refractivity contribution in [2.45, 2.75) is 36.5 Å². The third kappa shape index (κ3) is 6.51. The number of azo groups is 2. The van der Waals surface area contributed by atoms with Crippen LogP contribution in [0.4, 0.5) is 45.5 Å². The monoisotopic (exact) mass is 738 g/mol. The van der Waals surface area contributed by atoms with Crippen LogP contribution in [0.15, 0.2) is 115 Å². The van der Waals surface area contributed by atoms with Gasteiger partial charge in [-0.05, 0) is 59.4 Å². The van der Waals surface area contributed by atoms with Gasteiger partial charge in [-0.15, -0.1) is 10.2 Å².